The number of hydrogen-bond donors (Lipinski definition) is 0. The van der Waals surface area contributed by atoms with Crippen LogP contribution in [0.4, 0.5) is 9.18 Å². The Morgan fingerprint density at radius 2 is 2.03 bits per heavy atom. The van der Waals surface area contributed by atoms with Gasteiger partial charge in [-0.1, -0.05) is 36.4 Å². The molecule has 0 N–H and O–H groups in total. The van der Waals surface area contributed by atoms with E-state index in [1.165, 1.54) is 17.1 Å². The normalized spacial score (nSPS) is 19.4. The topological polar surface area (TPSA) is 48.4 Å². The summed E-state index contributed by atoms with van der Waals surface area (Å²) in [5.41, 5.74) is 2.28. The van der Waals surface area contributed by atoms with Crippen LogP contribution >= 0.6 is 0 Å². The molecule has 2 aliphatic rings. The molecule has 0 aliphatic carbocycles. The highest BCUT2D eigenvalue weighted by molar-refractivity contribution is 6.07. The SMILES string of the molecule is C=CCN(C)CCN(C)C(=O)N1N=C2c3cc(F)ccc3OCC2C1c1ccccc1. The number of fused-ring (bicyclic) bond motifs is 3. The predicted molar refractivity (Wildman–Crippen MR) is 119 cm³/mol. The minimum absolute atomic E-state index is 0.169. The molecule has 0 radical (unpaired) electrons. The summed E-state index contributed by atoms with van der Waals surface area (Å²) in [6, 6.07) is 13.7. The lowest BCUT2D eigenvalue weighted by Gasteiger charge is -2.32. The van der Waals surface area contributed by atoms with Crippen LogP contribution in [0.5, 0.6) is 5.75 Å². The van der Waals surface area contributed by atoms with E-state index in [-0.39, 0.29) is 23.8 Å². The van der Waals surface area contributed by atoms with Crippen molar-refractivity contribution in [1.82, 2.24) is 14.8 Å². The Morgan fingerprint density at radius 1 is 1.26 bits per heavy atom. The Bertz CT molecular complexity index is 994. The van der Waals surface area contributed by atoms with Gasteiger partial charge >= 0.3 is 6.03 Å². The van der Waals surface area contributed by atoms with Crippen LogP contribution in [0.1, 0.15) is 17.2 Å². The summed E-state index contributed by atoms with van der Waals surface area (Å²) >= 11 is 0. The van der Waals surface area contributed by atoms with Gasteiger partial charge in [0.2, 0.25) is 0 Å². The number of rotatable bonds is 6. The molecular weight excluding hydrogens is 395 g/mol. The smallest absolute Gasteiger partial charge is 0.340 e. The van der Waals surface area contributed by atoms with Crippen LogP contribution in [-0.4, -0.2) is 66.9 Å². The summed E-state index contributed by atoms with van der Waals surface area (Å²) in [6.07, 6.45) is 1.83. The third-order valence-corrected chi connectivity index (χ3v) is 5.77. The zero-order chi connectivity index (χ0) is 22.0. The van der Waals surface area contributed by atoms with E-state index in [1.807, 2.05) is 43.5 Å². The quantitative estimate of drug-likeness (QED) is 0.666. The number of urea groups is 1. The van der Waals surface area contributed by atoms with Gasteiger partial charge in [0.15, 0.2) is 0 Å². The fourth-order valence-corrected chi connectivity index (χ4v) is 4.09. The molecule has 2 aliphatic heterocycles. The van der Waals surface area contributed by atoms with Gasteiger partial charge in [-0.3, -0.25) is 0 Å². The zero-order valence-electron chi connectivity index (χ0n) is 17.9. The second-order valence-corrected chi connectivity index (χ2v) is 8.00. The Morgan fingerprint density at radius 3 is 2.77 bits per heavy atom. The van der Waals surface area contributed by atoms with Crippen LogP contribution in [-0.2, 0) is 0 Å². The Labute approximate surface area is 182 Å². The van der Waals surface area contributed by atoms with Crippen LogP contribution in [0.2, 0.25) is 0 Å². The first-order chi connectivity index (χ1) is 15.0. The molecule has 2 unspecified atom stereocenters. The lowest BCUT2D eigenvalue weighted by atomic mass is 9.86. The van der Waals surface area contributed by atoms with E-state index in [9.17, 15) is 9.18 Å². The van der Waals surface area contributed by atoms with E-state index in [2.05, 4.69) is 11.5 Å². The highest BCUT2D eigenvalue weighted by atomic mass is 19.1. The second-order valence-electron chi connectivity index (χ2n) is 8.00. The molecule has 2 heterocycles. The molecule has 0 saturated heterocycles. The van der Waals surface area contributed by atoms with Crippen molar-refractivity contribution in [3.05, 3.63) is 78.1 Å². The minimum atomic E-state index is -0.353. The van der Waals surface area contributed by atoms with E-state index < -0.39 is 0 Å². The molecule has 2 aromatic rings. The summed E-state index contributed by atoms with van der Waals surface area (Å²) < 4.78 is 19.9. The highest BCUT2D eigenvalue weighted by Gasteiger charge is 2.45. The predicted octanol–water partition coefficient (Wildman–Crippen LogP) is 3.76. The van der Waals surface area contributed by atoms with Crippen molar-refractivity contribution < 1.29 is 13.9 Å². The summed E-state index contributed by atoms with van der Waals surface area (Å²) in [5.74, 6) is 0.0727. The molecule has 6 nitrogen and oxygen atoms in total. The van der Waals surface area contributed by atoms with Gasteiger partial charge < -0.3 is 14.5 Å². The van der Waals surface area contributed by atoms with E-state index in [0.717, 1.165) is 18.7 Å². The third-order valence-electron chi connectivity index (χ3n) is 5.77. The maximum atomic E-state index is 14.0. The molecule has 0 bridgehead atoms. The number of hydrazone groups is 1. The Balaban J connectivity index is 1.65. The van der Waals surface area contributed by atoms with Crippen molar-refractivity contribution in [2.45, 2.75) is 6.04 Å². The van der Waals surface area contributed by atoms with Crippen molar-refractivity contribution in [3.63, 3.8) is 0 Å². The van der Waals surface area contributed by atoms with Gasteiger partial charge in [-0.05, 0) is 30.8 Å². The van der Waals surface area contributed by atoms with Gasteiger partial charge in [0.05, 0.1) is 24.3 Å². The highest BCUT2D eigenvalue weighted by Crippen LogP contribution is 2.42. The second kappa shape index (κ2) is 8.89. The van der Waals surface area contributed by atoms with Gasteiger partial charge in [-0.25, -0.2) is 14.2 Å². The number of ether oxygens (including phenoxy) is 1. The Kier molecular flexibility index (Phi) is 6.04. The van der Waals surface area contributed by atoms with Crippen LogP contribution in [0, 0.1) is 11.7 Å². The van der Waals surface area contributed by atoms with Crippen LogP contribution in [0.15, 0.2) is 66.3 Å². The van der Waals surface area contributed by atoms with Gasteiger partial charge in [-0.2, -0.15) is 5.10 Å². The largest absolute Gasteiger partial charge is 0.492 e. The van der Waals surface area contributed by atoms with Crippen molar-refractivity contribution in [3.8, 4) is 5.75 Å². The fraction of sp³-hybridized carbons (Fsp3) is 0.333. The minimum Gasteiger partial charge on any atom is -0.492 e. The van der Waals surface area contributed by atoms with E-state index in [1.54, 1.807) is 18.0 Å². The van der Waals surface area contributed by atoms with Gasteiger partial charge in [0.25, 0.3) is 0 Å². The Hall–Kier alpha value is -3.19. The average Bonchev–Trinajstić information content (AvgIpc) is 3.17. The number of amides is 2. The van der Waals surface area contributed by atoms with Crippen LogP contribution < -0.4 is 4.74 Å². The first-order valence-corrected chi connectivity index (χ1v) is 10.4. The van der Waals surface area contributed by atoms with Crippen molar-refractivity contribution in [2.75, 3.05) is 40.3 Å². The molecule has 162 valence electrons. The number of halogens is 1. The maximum Gasteiger partial charge on any atom is 0.340 e. The molecule has 4 rings (SSSR count). The molecule has 0 spiro atoms. The van der Waals surface area contributed by atoms with Gasteiger partial charge in [-0.15, -0.1) is 6.58 Å². The van der Waals surface area contributed by atoms with Crippen molar-refractivity contribution >= 4 is 11.7 Å². The van der Waals surface area contributed by atoms with Crippen LogP contribution in [0.25, 0.3) is 0 Å². The molecular formula is C24H27FN4O2. The average molecular weight is 423 g/mol. The number of benzene rings is 2. The summed E-state index contributed by atoms with van der Waals surface area (Å²) in [6.45, 7) is 6.15. The van der Waals surface area contributed by atoms with E-state index >= 15 is 0 Å². The number of carbonyl (C=O) groups excluding carboxylic acids is 1. The summed E-state index contributed by atoms with van der Waals surface area (Å²) in [4.78, 5) is 17.2. The molecule has 2 atom stereocenters. The van der Waals surface area contributed by atoms with Crippen LogP contribution in [0.3, 0.4) is 0 Å². The van der Waals surface area contributed by atoms with E-state index in [0.29, 0.717) is 30.2 Å². The number of nitrogens with zero attached hydrogens (tertiary/aromatic N) is 4. The molecule has 0 saturated carbocycles. The molecule has 2 aromatic carbocycles. The van der Waals surface area contributed by atoms with Crippen molar-refractivity contribution in [1.29, 1.82) is 0 Å². The lowest BCUT2D eigenvalue weighted by molar-refractivity contribution is 0.130. The molecule has 7 heteroatoms. The first-order valence-electron chi connectivity index (χ1n) is 10.4. The fourth-order valence-electron chi connectivity index (χ4n) is 4.09. The lowest BCUT2D eigenvalue weighted by Crippen LogP contribution is -2.43. The first kappa shape index (κ1) is 21.1. The molecule has 2 amide bonds. The molecule has 0 aromatic heterocycles. The number of hydrogen-bond acceptors (Lipinski definition) is 4. The molecule has 31 heavy (non-hydrogen) atoms. The van der Waals surface area contributed by atoms with Gasteiger partial charge in [0, 0.05) is 32.2 Å². The maximum absolute atomic E-state index is 14.0. The zero-order valence-corrected chi connectivity index (χ0v) is 17.9. The summed E-state index contributed by atoms with van der Waals surface area (Å²) in [7, 11) is 3.76. The monoisotopic (exact) mass is 422 g/mol. The van der Waals surface area contributed by atoms with Gasteiger partial charge in [0.1, 0.15) is 11.6 Å². The summed E-state index contributed by atoms with van der Waals surface area (Å²) in [5, 5.41) is 6.25. The number of likely N-dealkylation sites (N-methyl/N-ethyl adjacent to an activating group) is 2. The standard InChI is InChI=1S/C24H27FN4O2/c1-4-12-27(2)13-14-28(3)24(30)29-23(17-8-6-5-7-9-17)20-16-31-21-11-10-18(25)15-19(21)22(20)26-29/h4-11,15,20,23H,1,12-14,16H2,2-3H3. The van der Waals surface area contributed by atoms with Crippen molar-refractivity contribution in [2.24, 2.45) is 11.0 Å². The number of carbonyl (C=O) groups is 1. The molecule has 0 fully saturated rings. The van der Waals surface area contributed by atoms with E-state index in [4.69, 9.17) is 9.84 Å². The third kappa shape index (κ3) is 4.18.